The number of rotatable bonds is 3. The molecule has 0 aromatic carbocycles. The number of aromatic amines is 1. The van der Waals surface area contributed by atoms with Crippen molar-refractivity contribution in [2.45, 2.75) is 31.6 Å². The van der Waals surface area contributed by atoms with E-state index in [1.165, 1.54) is 19.3 Å². The number of carboxylic acids is 1. The Morgan fingerprint density at radius 3 is 3.00 bits per heavy atom. The van der Waals surface area contributed by atoms with E-state index in [0.717, 1.165) is 5.82 Å². The zero-order valence-electron chi connectivity index (χ0n) is 7.29. The van der Waals surface area contributed by atoms with Crippen molar-refractivity contribution in [2.75, 3.05) is 0 Å². The van der Waals surface area contributed by atoms with Crippen molar-refractivity contribution in [3.05, 3.63) is 17.7 Å². The molecule has 2 N–H and O–H groups in total. The lowest BCUT2D eigenvalue weighted by molar-refractivity contribution is -0.136. The van der Waals surface area contributed by atoms with E-state index in [9.17, 15) is 4.79 Å². The Morgan fingerprint density at radius 2 is 2.46 bits per heavy atom. The minimum atomic E-state index is -0.816. The van der Waals surface area contributed by atoms with Crippen molar-refractivity contribution >= 4 is 5.97 Å². The van der Waals surface area contributed by atoms with Gasteiger partial charge in [-0.1, -0.05) is 6.42 Å². The monoisotopic (exact) mass is 180 g/mol. The van der Waals surface area contributed by atoms with Crippen molar-refractivity contribution in [2.24, 2.45) is 0 Å². The molecule has 0 bridgehead atoms. The van der Waals surface area contributed by atoms with E-state index >= 15 is 0 Å². The molecule has 1 saturated carbocycles. The largest absolute Gasteiger partial charge is 0.481 e. The molecule has 70 valence electrons. The molecular weight excluding hydrogens is 168 g/mol. The highest BCUT2D eigenvalue weighted by Crippen LogP contribution is 2.34. The zero-order chi connectivity index (χ0) is 9.26. The fraction of sp³-hybridized carbons (Fsp3) is 0.556. The van der Waals surface area contributed by atoms with Crippen LogP contribution in [0.3, 0.4) is 0 Å². The van der Waals surface area contributed by atoms with Crippen molar-refractivity contribution in [3.63, 3.8) is 0 Å². The number of carboxylic acid groups (broad SMARTS) is 1. The molecule has 0 amide bonds. The normalized spacial score (nSPS) is 16.9. The molecule has 13 heavy (non-hydrogen) atoms. The van der Waals surface area contributed by atoms with Crippen LogP contribution in [-0.2, 0) is 11.2 Å². The third-order valence-electron chi connectivity index (χ3n) is 2.48. The molecule has 1 aliphatic carbocycles. The van der Waals surface area contributed by atoms with E-state index in [4.69, 9.17) is 5.11 Å². The maximum atomic E-state index is 10.4. The lowest BCUT2D eigenvalue weighted by Gasteiger charge is -2.22. The first kappa shape index (κ1) is 8.29. The average molecular weight is 180 g/mol. The van der Waals surface area contributed by atoms with E-state index in [2.05, 4.69) is 9.97 Å². The van der Waals surface area contributed by atoms with Crippen LogP contribution in [0.5, 0.6) is 0 Å². The fourth-order valence-corrected chi connectivity index (χ4v) is 1.52. The van der Waals surface area contributed by atoms with Gasteiger partial charge in [0, 0.05) is 17.8 Å². The predicted octanol–water partition coefficient (Wildman–Crippen LogP) is 1.30. The highest BCUT2D eigenvalue weighted by molar-refractivity contribution is 5.69. The summed E-state index contributed by atoms with van der Waals surface area (Å²) in [5.41, 5.74) is 0.703. The summed E-state index contributed by atoms with van der Waals surface area (Å²) >= 11 is 0. The Balaban J connectivity index is 2.04. The van der Waals surface area contributed by atoms with E-state index in [1.807, 2.05) is 0 Å². The number of aliphatic carboxylic acids is 1. The lowest BCUT2D eigenvalue weighted by Crippen LogP contribution is -2.10. The maximum Gasteiger partial charge on any atom is 0.309 e. The number of nitrogens with one attached hydrogen (secondary N) is 1. The molecule has 1 aromatic rings. The van der Waals surface area contributed by atoms with Crippen LogP contribution in [0.4, 0.5) is 0 Å². The third kappa shape index (κ3) is 1.71. The van der Waals surface area contributed by atoms with Crippen LogP contribution in [0.25, 0.3) is 0 Å². The first-order valence-electron chi connectivity index (χ1n) is 4.51. The minimum absolute atomic E-state index is 0.0414. The molecule has 4 heteroatoms. The van der Waals surface area contributed by atoms with Gasteiger partial charge in [0.25, 0.3) is 0 Å². The maximum absolute atomic E-state index is 10.4. The van der Waals surface area contributed by atoms with Gasteiger partial charge in [-0.25, -0.2) is 4.98 Å². The van der Waals surface area contributed by atoms with Crippen LogP contribution in [0.1, 0.15) is 36.7 Å². The van der Waals surface area contributed by atoms with Crippen molar-refractivity contribution < 1.29 is 9.90 Å². The zero-order valence-corrected chi connectivity index (χ0v) is 7.29. The summed E-state index contributed by atoms with van der Waals surface area (Å²) < 4.78 is 0. The summed E-state index contributed by atoms with van der Waals surface area (Å²) in [5.74, 6) is 0.689. The lowest BCUT2D eigenvalue weighted by atomic mass is 9.85. The summed E-state index contributed by atoms with van der Waals surface area (Å²) in [6.07, 6.45) is 5.29. The average Bonchev–Trinajstić information content (AvgIpc) is 2.31. The van der Waals surface area contributed by atoms with Crippen LogP contribution in [-0.4, -0.2) is 21.0 Å². The molecule has 1 heterocycles. The van der Waals surface area contributed by atoms with Crippen molar-refractivity contribution in [3.8, 4) is 0 Å². The molecule has 0 spiro atoms. The van der Waals surface area contributed by atoms with Gasteiger partial charge in [-0.15, -0.1) is 0 Å². The highest BCUT2D eigenvalue weighted by Gasteiger charge is 2.22. The molecule has 0 aliphatic heterocycles. The highest BCUT2D eigenvalue weighted by atomic mass is 16.4. The summed E-state index contributed by atoms with van der Waals surface area (Å²) in [7, 11) is 0. The van der Waals surface area contributed by atoms with Gasteiger partial charge in [0.15, 0.2) is 0 Å². The molecule has 0 unspecified atom stereocenters. The molecule has 1 fully saturated rings. The van der Waals surface area contributed by atoms with Crippen LogP contribution in [0.2, 0.25) is 0 Å². The number of carbonyl (C=O) groups is 1. The number of nitrogens with zero attached hydrogens (tertiary/aromatic N) is 1. The Labute approximate surface area is 76.0 Å². The first-order chi connectivity index (χ1) is 6.25. The summed E-state index contributed by atoms with van der Waals surface area (Å²) in [6.45, 7) is 0. The first-order valence-corrected chi connectivity index (χ1v) is 4.51. The summed E-state index contributed by atoms with van der Waals surface area (Å²) in [5, 5.41) is 8.54. The molecule has 2 rings (SSSR count). The molecule has 0 atom stereocenters. The van der Waals surface area contributed by atoms with Gasteiger partial charge >= 0.3 is 5.97 Å². The second kappa shape index (κ2) is 3.20. The van der Waals surface area contributed by atoms with Crippen LogP contribution in [0.15, 0.2) is 6.20 Å². The predicted molar refractivity (Wildman–Crippen MR) is 46.5 cm³/mol. The molecular formula is C9H12N2O2. The fourth-order valence-electron chi connectivity index (χ4n) is 1.52. The number of hydrogen-bond donors (Lipinski definition) is 2. The topological polar surface area (TPSA) is 66.0 Å². The van der Waals surface area contributed by atoms with Crippen molar-refractivity contribution in [1.29, 1.82) is 0 Å². The Kier molecular flexibility index (Phi) is 2.04. The molecule has 0 radical (unpaired) electrons. The number of imidazole rings is 1. The van der Waals surface area contributed by atoms with E-state index < -0.39 is 5.97 Å². The SMILES string of the molecule is O=C(O)Cc1cnc(C2CCC2)[nH]1. The Hall–Kier alpha value is -1.32. The van der Waals surface area contributed by atoms with Gasteiger partial charge in [0.2, 0.25) is 0 Å². The molecule has 0 saturated heterocycles. The molecule has 4 nitrogen and oxygen atoms in total. The van der Waals surface area contributed by atoms with Crippen molar-refractivity contribution in [1.82, 2.24) is 9.97 Å². The standard InChI is InChI=1S/C9H12N2O2/c12-8(13)4-7-5-10-9(11-7)6-2-1-3-6/h5-6H,1-4H2,(H,10,11)(H,12,13). The Bertz CT molecular complexity index is 315. The van der Waals surface area contributed by atoms with Gasteiger partial charge in [-0.2, -0.15) is 0 Å². The van der Waals surface area contributed by atoms with E-state index in [1.54, 1.807) is 6.20 Å². The van der Waals surface area contributed by atoms with Crippen LogP contribution in [0, 0.1) is 0 Å². The Morgan fingerprint density at radius 1 is 1.69 bits per heavy atom. The molecule has 1 aliphatic rings. The summed E-state index contributed by atoms with van der Waals surface area (Å²) in [6, 6.07) is 0. The van der Waals surface area contributed by atoms with Gasteiger partial charge in [-0.3, -0.25) is 4.79 Å². The van der Waals surface area contributed by atoms with E-state index in [-0.39, 0.29) is 6.42 Å². The number of H-pyrrole nitrogens is 1. The van der Waals surface area contributed by atoms with Gasteiger partial charge < -0.3 is 10.1 Å². The van der Waals surface area contributed by atoms with E-state index in [0.29, 0.717) is 11.6 Å². The third-order valence-corrected chi connectivity index (χ3v) is 2.48. The number of hydrogen-bond acceptors (Lipinski definition) is 2. The van der Waals surface area contributed by atoms with Crippen LogP contribution >= 0.6 is 0 Å². The van der Waals surface area contributed by atoms with Gasteiger partial charge in [0.1, 0.15) is 5.82 Å². The van der Waals surface area contributed by atoms with Gasteiger partial charge in [0.05, 0.1) is 6.42 Å². The second-order valence-electron chi connectivity index (χ2n) is 3.49. The quantitative estimate of drug-likeness (QED) is 0.736. The second-order valence-corrected chi connectivity index (χ2v) is 3.49. The molecule has 1 aromatic heterocycles. The van der Waals surface area contributed by atoms with Gasteiger partial charge in [-0.05, 0) is 12.8 Å². The van der Waals surface area contributed by atoms with Crippen LogP contribution < -0.4 is 0 Å². The minimum Gasteiger partial charge on any atom is -0.481 e. The smallest absolute Gasteiger partial charge is 0.309 e. The summed E-state index contributed by atoms with van der Waals surface area (Å²) in [4.78, 5) is 17.6. The number of aromatic nitrogens is 2.